The Labute approximate surface area is 104 Å². The number of hydrogen-bond donors (Lipinski definition) is 1. The second-order valence-corrected chi connectivity index (χ2v) is 3.82. The highest BCUT2D eigenvalue weighted by Gasteiger charge is 2.34. The number of rotatable bonds is 4. The van der Waals surface area contributed by atoms with Gasteiger partial charge in [0.15, 0.2) is 0 Å². The molecule has 0 aliphatic carbocycles. The number of halogens is 3. The third kappa shape index (κ3) is 4.00. The summed E-state index contributed by atoms with van der Waals surface area (Å²) in [6, 6.07) is 3.99. The van der Waals surface area contributed by atoms with E-state index < -0.39 is 11.7 Å². The SMILES string of the molecule is COc1ccc(C=CCCS)cc1C(F)(F)F. The fraction of sp³-hybridized carbons (Fsp3) is 0.333. The zero-order valence-corrected chi connectivity index (χ0v) is 10.2. The van der Waals surface area contributed by atoms with E-state index in [-0.39, 0.29) is 5.75 Å². The molecule has 0 N–H and O–H groups in total. The molecule has 1 aromatic rings. The Morgan fingerprint density at radius 3 is 2.59 bits per heavy atom. The van der Waals surface area contributed by atoms with Crippen molar-refractivity contribution in [3.05, 3.63) is 35.4 Å². The third-order valence-corrected chi connectivity index (χ3v) is 2.39. The summed E-state index contributed by atoms with van der Waals surface area (Å²) >= 11 is 4.01. The highest BCUT2D eigenvalue weighted by atomic mass is 32.1. The molecule has 0 aliphatic heterocycles. The van der Waals surface area contributed by atoms with Crippen LogP contribution in [0.5, 0.6) is 5.75 Å². The van der Waals surface area contributed by atoms with Gasteiger partial charge in [0.25, 0.3) is 0 Å². The lowest BCUT2D eigenvalue weighted by atomic mass is 10.1. The Morgan fingerprint density at radius 1 is 1.35 bits per heavy atom. The van der Waals surface area contributed by atoms with Crippen LogP contribution in [0.15, 0.2) is 24.3 Å². The summed E-state index contributed by atoms with van der Waals surface area (Å²) in [6.45, 7) is 0. The predicted octanol–water partition coefficient (Wildman–Crippen LogP) is 4.05. The molecule has 0 atom stereocenters. The zero-order chi connectivity index (χ0) is 12.9. The average molecular weight is 262 g/mol. The van der Waals surface area contributed by atoms with E-state index in [0.717, 1.165) is 12.5 Å². The minimum Gasteiger partial charge on any atom is -0.496 e. The summed E-state index contributed by atoms with van der Waals surface area (Å²) in [6.07, 6.45) is -0.255. The minimum atomic E-state index is -4.40. The van der Waals surface area contributed by atoms with Gasteiger partial charge in [0, 0.05) is 0 Å². The lowest BCUT2D eigenvalue weighted by Crippen LogP contribution is -2.07. The van der Waals surface area contributed by atoms with E-state index in [1.54, 1.807) is 18.2 Å². The molecule has 0 fully saturated rings. The predicted molar refractivity (Wildman–Crippen MR) is 65.5 cm³/mol. The lowest BCUT2D eigenvalue weighted by Gasteiger charge is -2.12. The lowest BCUT2D eigenvalue weighted by molar-refractivity contribution is -0.138. The van der Waals surface area contributed by atoms with Gasteiger partial charge in [-0.25, -0.2) is 0 Å². The third-order valence-electron chi connectivity index (χ3n) is 2.14. The second-order valence-electron chi connectivity index (χ2n) is 3.37. The maximum Gasteiger partial charge on any atom is 0.419 e. The molecule has 5 heteroatoms. The first-order valence-corrected chi connectivity index (χ1v) is 5.65. The van der Waals surface area contributed by atoms with Crippen LogP contribution in [0.25, 0.3) is 6.08 Å². The number of hydrogen-bond acceptors (Lipinski definition) is 2. The van der Waals surface area contributed by atoms with E-state index in [4.69, 9.17) is 4.74 Å². The molecule has 0 spiro atoms. The smallest absolute Gasteiger partial charge is 0.419 e. The molecule has 94 valence electrons. The molecular weight excluding hydrogens is 249 g/mol. The van der Waals surface area contributed by atoms with Crippen LogP contribution in [0, 0.1) is 0 Å². The molecule has 17 heavy (non-hydrogen) atoms. The molecule has 0 amide bonds. The van der Waals surface area contributed by atoms with E-state index in [1.807, 2.05) is 0 Å². The standard InChI is InChI=1S/C12H13F3OS/c1-16-11-6-5-9(4-2-3-7-17)8-10(11)12(13,14)15/h2,4-6,8,17H,3,7H2,1H3. The summed E-state index contributed by atoms with van der Waals surface area (Å²) in [5.41, 5.74) is -0.257. The van der Waals surface area contributed by atoms with Crippen LogP contribution in [0.1, 0.15) is 17.5 Å². The van der Waals surface area contributed by atoms with Crippen molar-refractivity contribution in [1.82, 2.24) is 0 Å². The van der Waals surface area contributed by atoms with Crippen LogP contribution in [-0.2, 0) is 6.18 Å². The van der Waals surface area contributed by atoms with Gasteiger partial charge in [-0.05, 0) is 29.9 Å². The van der Waals surface area contributed by atoms with Gasteiger partial charge in [-0.1, -0.05) is 18.2 Å². The van der Waals surface area contributed by atoms with E-state index in [9.17, 15) is 13.2 Å². The number of benzene rings is 1. The normalized spacial score (nSPS) is 12.1. The highest BCUT2D eigenvalue weighted by molar-refractivity contribution is 7.80. The van der Waals surface area contributed by atoms with Gasteiger partial charge in [-0.15, -0.1) is 0 Å². The van der Waals surface area contributed by atoms with E-state index in [2.05, 4.69) is 12.6 Å². The maximum atomic E-state index is 12.7. The van der Waals surface area contributed by atoms with Crippen LogP contribution >= 0.6 is 12.6 Å². The number of methoxy groups -OCH3 is 1. The summed E-state index contributed by atoms with van der Waals surface area (Å²) in [5, 5.41) is 0. The maximum absolute atomic E-state index is 12.7. The Kier molecular flexibility index (Phi) is 4.93. The van der Waals surface area contributed by atoms with Gasteiger partial charge in [0.1, 0.15) is 5.75 Å². The van der Waals surface area contributed by atoms with Crippen molar-refractivity contribution in [2.45, 2.75) is 12.6 Å². The van der Waals surface area contributed by atoms with Gasteiger partial charge in [0.2, 0.25) is 0 Å². The summed E-state index contributed by atoms with van der Waals surface area (Å²) in [4.78, 5) is 0. The highest BCUT2D eigenvalue weighted by Crippen LogP contribution is 2.36. The molecule has 1 rings (SSSR count). The fourth-order valence-electron chi connectivity index (χ4n) is 1.34. The molecule has 0 aromatic heterocycles. The van der Waals surface area contributed by atoms with Crippen molar-refractivity contribution >= 4 is 18.7 Å². The molecule has 0 heterocycles. The van der Waals surface area contributed by atoms with Crippen molar-refractivity contribution < 1.29 is 17.9 Å². The van der Waals surface area contributed by atoms with Gasteiger partial charge < -0.3 is 4.74 Å². The van der Waals surface area contributed by atoms with Crippen molar-refractivity contribution in [2.24, 2.45) is 0 Å². The first-order chi connectivity index (χ1) is 7.99. The average Bonchev–Trinajstić information content (AvgIpc) is 2.28. The second kappa shape index (κ2) is 6.00. The van der Waals surface area contributed by atoms with Crippen LogP contribution in [0.3, 0.4) is 0 Å². The first kappa shape index (κ1) is 14.0. The Morgan fingerprint density at radius 2 is 2.06 bits per heavy atom. The molecule has 0 unspecified atom stereocenters. The molecule has 0 saturated heterocycles. The summed E-state index contributed by atoms with van der Waals surface area (Å²) in [7, 11) is 1.22. The topological polar surface area (TPSA) is 9.23 Å². The summed E-state index contributed by atoms with van der Waals surface area (Å²) < 4.78 is 42.8. The fourth-order valence-corrected chi connectivity index (χ4v) is 1.49. The van der Waals surface area contributed by atoms with E-state index in [0.29, 0.717) is 11.3 Å². The van der Waals surface area contributed by atoms with Crippen molar-refractivity contribution in [2.75, 3.05) is 12.9 Å². The van der Waals surface area contributed by atoms with Gasteiger partial charge in [0.05, 0.1) is 12.7 Å². The van der Waals surface area contributed by atoms with Crippen LogP contribution in [0.2, 0.25) is 0 Å². The molecule has 0 aliphatic rings. The number of allylic oxidation sites excluding steroid dienone is 1. The minimum absolute atomic E-state index is 0.163. The van der Waals surface area contributed by atoms with Crippen molar-refractivity contribution in [3.63, 3.8) is 0 Å². The number of ether oxygens (including phenoxy) is 1. The van der Waals surface area contributed by atoms with Gasteiger partial charge in [-0.2, -0.15) is 25.8 Å². The molecule has 0 saturated carbocycles. The van der Waals surface area contributed by atoms with Gasteiger partial charge in [-0.3, -0.25) is 0 Å². The van der Waals surface area contributed by atoms with Crippen LogP contribution in [-0.4, -0.2) is 12.9 Å². The summed E-state index contributed by atoms with van der Waals surface area (Å²) in [5.74, 6) is 0.502. The number of thiol groups is 1. The van der Waals surface area contributed by atoms with Crippen molar-refractivity contribution in [3.8, 4) is 5.75 Å². The van der Waals surface area contributed by atoms with Crippen LogP contribution in [0.4, 0.5) is 13.2 Å². The Hall–Kier alpha value is -1.10. The van der Waals surface area contributed by atoms with Crippen LogP contribution < -0.4 is 4.74 Å². The monoisotopic (exact) mass is 262 g/mol. The quantitative estimate of drug-likeness (QED) is 0.805. The van der Waals surface area contributed by atoms with E-state index in [1.165, 1.54) is 13.2 Å². The molecule has 0 radical (unpaired) electrons. The van der Waals surface area contributed by atoms with Crippen molar-refractivity contribution in [1.29, 1.82) is 0 Å². The van der Waals surface area contributed by atoms with Gasteiger partial charge >= 0.3 is 6.18 Å². The molecular formula is C12H13F3OS. The largest absolute Gasteiger partial charge is 0.496 e. The Bertz CT molecular complexity index is 399. The Balaban J connectivity index is 3.05. The first-order valence-electron chi connectivity index (χ1n) is 5.01. The molecule has 1 aromatic carbocycles. The van der Waals surface area contributed by atoms with E-state index >= 15 is 0 Å². The molecule has 0 bridgehead atoms. The number of alkyl halides is 3. The zero-order valence-electron chi connectivity index (χ0n) is 9.29. The molecule has 1 nitrogen and oxygen atoms in total.